The predicted octanol–water partition coefficient (Wildman–Crippen LogP) is 0.900. The van der Waals surface area contributed by atoms with Crippen LogP contribution >= 0.6 is 15.9 Å². The number of hydrogen-bond acceptors (Lipinski definition) is 5. The Bertz CT molecular complexity index is 518. The maximum absolute atomic E-state index is 12.3. The van der Waals surface area contributed by atoms with Crippen LogP contribution in [-0.2, 0) is 9.53 Å². The zero-order valence-electron chi connectivity index (χ0n) is 11.6. The molecule has 1 N–H and O–H groups in total. The second-order valence-electron chi connectivity index (χ2n) is 4.94. The summed E-state index contributed by atoms with van der Waals surface area (Å²) in [6.07, 6.45) is -0.203. The number of likely N-dealkylation sites (N-methyl/N-ethyl adjacent to an activating group) is 1. The van der Waals surface area contributed by atoms with Crippen molar-refractivity contribution in [2.75, 3.05) is 39.8 Å². The average Bonchev–Trinajstić information content (AvgIpc) is 2.84. The van der Waals surface area contributed by atoms with Gasteiger partial charge in [-0.2, -0.15) is 0 Å². The van der Waals surface area contributed by atoms with E-state index in [-0.39, 0.29) is 24.3 Å². The summed E-state index contributed by atoms with van der Waals surface area (Å²) in [5, 5.41) is 8.74. The van der Waals surface area contributed by atoms with Gasteiger partial charge in [0.05, 0.1) is 19.3 Å². The molecule has 0 spiro atoms. The molecule has 1 aromatic heterocycles. The molecular weight excluding hydrogens is 344 g/mol. The Labute approximate surface area is 130 Å². The van der Waals surface area contributed by atoms with E-state index in [9.17, 15) is 9.59 Å². The van der Waals surface area contributed by atoms with Gasteiger partial charge in [0.15, 0.2) is 10.4 Å². The van der Waals surface area contributed by atoms with Crippen LogP contribution in [0.15, 0.2) is 21.2 Å². The molecule has 1 fully saturated rings. The van der Waals surface area contributed by atoms with Crippen LogP contribution in [0.2, 0.25) is 0 Å². The summed E-state index contributed by atoms with van der Waals surface area (Å²) in [6.45, 7) is 1.74. The molecule has 1 atom stereocenters. The number of carboxylic acids is 1. The molecule has 7 nitrogen and oxygen atoms in total. The number of ether oxygens (including phenoxy) is 1. The summed E-state index contributed by atoms with van der Waals surface area (Å²) >= 11 is 3.17. The highest BCUT2D eigenvalue weighted by Gasteiger charge is 2.27. The topological polar surface area (TPSA) is 83.2 Å². The molecule has 1 saturated heterocycles. The first kappa shape index (κ1) is 16.0. The van der Waals surface area contributed by atoms with Gasteiger partial charge in [0.2, 0.25) is 0 Å². The maximum atomic E-state index is 12.3. The van der Waals surface area contributed by atoms with Gasteiger partial charge >= 0.3 is 5.97 Å². The van der Waals surface area contributed by atoms with Crippen LogP contribution in [0.5, 0.6) is 0 Å². The standard InChI is InChI=1S/C13H17BrN2O5/c1-15(8-12(17)18)6-9-7-16(4-5-20-9)13(19)10-2-3-11(14)21-10/h2-3,9H,4-8H2,1H3,(H,17,18). The van der Waals surface area contributed by atoms with Gasteiger partial charge in [-0.1, -0.05) is 0 Å². The largest absolute Gasteiger partial charge is 0.480 e. The van der Waals surface area contributed by atoms with Crippen LogP contribution in [0.25, 0.3) is 0 Å². The summed E-state index contributed by atoms with van der Waals surface area (Å²) < 4.78 is 11.4. The van der Waals surface area contributed by atoms with E-state index in [1.807, 2.05) is 0 Å². The van der Waals surface area contributed by atoms with E-state index in [2.05, 4.69) is 15.9 Å². The summed E-state index contributed by atoms with van der Waals surface area (Å²) in [7, 11) is 1.71. The first-order valence-electron chi connectivity index (χ1n) is 6.52. The molecule has 0 aliphatic carbocycles. The number of hydrogen-bond donors (Lipinski definition) is 1. The SMILES string of the molecule is CN(CC(=O)O)CC1CN(C(=O)c2ccc(Br)o2)CCO1. The molecule has 8 heteroatoms. The number of halogens is 1. The Morgan fingerprint density at radius 1 is 1.52 bits per heavy atom. The molecule has 2 rings (SSSR count). The van der Waals surface area contributed by atoms with Gasteiger partial charge < -0.3 is 19.2 Å². The third-order valence-corrected chi connectivity index (χ3v) is 3.56. The number of nitrogens with zero attached hydrogens (tertiary/aromatic N) is 2. The molecule has 1 aromatic rings. The van der Waals surface area contributed by atoms with Gasteiger partial charge in [-0.25, -0.2) is 0 Å². The minimum atomic E-state index is -0.887. The summed E-state index contributed by atoms with van der Waals surface area (Å²) in [5.41, 5.74) is 0. The monoisotopic (exact) mass is 360 g/mol. The van der Waals surface area contributed by atoms with Crippen molar-refractivity contribution in [3.8, 4) is 0 Å². The minimum Gasteiger partial charge on any atom is -0.480 e. The molecule has 0 bridgehead atoms. The lowest BCUT2D eigenvalue weighted by Crippen LogP contribution is -2.49. The number of aliphatic carboxylic acids is 1. The number of rotatable bonds is 5. The highest BCUT2D eigenvalue weighted by atomic mass is 79.9. The number of carbonyl (C=O) groups excluding carboxylic acids is 1. The predicted molar refractivity (Wildman–Crippen MR) is 77.2 cm³/mol. The van der Waals surface area contributed by atoms with Gasteiger partial charge in [0.1, 0.15) is 0 Å². The van der Waals surface area contributed by atoms with Gasteiger partial charge in [-0.05, 0) is 35.1 Å². The van der Waals surface area contributed by atoms with Crippen molar-refractivity contribution in [2.45, 2.75) is 6.10 Å². The fourth-order valence-corrected chi connectivity index (χ4v) is 2.55. The maximum Gasteiger partial charge on any atom is 0.317 e. The van der Waals surface area contributed by atoms with Gasteiger partial charge in [-0.3, -0.25) is 14.5 Å². The molecular formula is C13H17BrN2O5. The van der Waals surface area contributed by atoms with Crippen molar-refractivity contribution in [1.82, 2.24) is 9.80 Å². The first-order valence-corrected chi connectivity index (χ1v) is 7.31. The number of carbonyl (C=O) groups is 2. The third kappa shape index (κ3) is 4.55. The van der Waals surface area contributed by atoms with E-state index in [1.54, 1.807) is 29.0 Å². The zero-order chi connectivity index (χ0) is 15.4. The number of carboxylic acid groups (broad SMARTS) is 1. The lowest BCUT2D eigenvalue weighted by Gasteiger charge is -2.34. The molecule has 0 radical (unpaired) electrons. The fraction of sp³-hybridized carbons (Fsp3) is 0.538. The van der Waals surface area contributed by atoms with E-state index in [4.69, 9.17) is 14.3 Å². The van der Waals surface area contributed by atoms with Crippen LogP contribution in [0.3, 0.4) is 0 Å². The molecule has 1 unspecified atom stereocenters. The lowest BCUT2D eigenvalue weighted by atomic mass is 10.2. The molecule has 1 aliphatic heterocycles. The molecule has 116 valence electrons. The highest BCUT2D eigenvalue weighted by Crippen LogP contribution is 2.17. The molecule has 0 aromatic carbocycles. The smallest absolute Gasteiger partial charge is 0.317 e. The second kappa shape index (κ2) is 7.06. The van der Waals surface area contributed by atoms with Crippen molar-refractivity contribution < 1.29 is 23.8 Å². The lowest BCUT2D eigenvalue weighted by molar-refractivity contribution is -0.138. The van der Waals surface area contributed by atoms with Gasteiger partial charge in [0.25, 0.3) is 5.91 Å². The first-order chi connectivity index (χ1) is 9.95. The van der Waals surface area contributed by atoms with E-state index < -0.39 is 5.97 Å². The Kier molecular flexibility index (Phi) is 5.38. The van der Waals surface area contributed by atoms with Crippen LogP contribution in [0.1, 0.15) is 10.6 Å². The van der Waals surface area contributed by atoms with Crippen molar-refractivity contribution >= 4 is 27.8 Å². The van der Waals surface area contributed by atoms with Crippen molar-refractivity contribution in [1.29, 1.82) is 0 Å². The number of furan rings is 1. The number of morpholine rings is 1. The fourth-order valence-electron chi connectivity index (χ4n) is 2.24. The second-order valence-corrected chi connectivity index (χ2v) is 5.72. The van der Waals surface area contributed by atoms with Crippen LogP contribution in [-0.4, -0.2) is 72.7 Å². The van der Waals surface area contributed by atoms with E-state index >= 15 is 0 Å². The van der Waals surface area contributed by atoms with E-state index in [1.165, 1.54) is 0 Å². The molecule has 0 saturated carbocycles. The van der Waals surface area contributed by atoms with Crippen LogP contribution < -0.4 is 0 Å². The summed E-state index contributed by atoms with van der Waals surface area (Å²) in [5.74, 6) is -0.794. The minimum absolute atomic E-state index is 0.0566. The number of amides is 1. The van der Waals surface area contributed by atoms with Gasteiger partial charge in [0, 0.05) is 19.6 Å². The van der Waals surface area contributed by atoms with Crippen LogP contribution in [0.4, 0.5) is 0 Å². The quantitative estimate of drug-likeness (QED) is 0.839. The summed E-state index contributed by atoms with van der Waals surface area (Å²) in [6, 6.07) is 3.29. The van der Waals surface area contributed by atoms with Gasteiger partial charge in [-0.15, -0.1) is 0 Å². The van der Waals surface area contributed by atoms with Crippen molar-refractivity contribution in [3.63, 3.8) is 0 Å². The Balaban J connectivity index is 1.91. The van der Waals surface area contributed by atoms with E-state index in [0.717, 1.165) is 0 Å². The van der Waals surface area contributed by atoms with Crippen molar-refractivity contribution in [3.05, 3.63) is 22.6 Å². The normalized spacial score (nSPS) is 19.0. The average molecular weight is 361 g/mol. The Morgan fingerprint density at radius 3 is 2.90 bits per heavy atom. The van der Waals surface area contributed by atoms with Crippen molar-refractivity contribution in [2.24, 2.45) is 0 Å². The zero-order valence-corrected chi connectivity index (χ0v) is 13.2. The van der Waals surface area contributed by atoms with E-state index in [0.29, 0.717) is 30.9 Å². The highest BCUT2D eigenvalue weighted by molar-refractivity contribution is 9.10. The third-order valence-electron chi connectivity index (χ3n) is 3.13. The molecule has 2 heterocycles. The molecule has 1 amide bonds. The van der Waals surface area contributed by atoms with Crippen LogP contribution in [0, 0.1) is 0 Å². The molecule has 1 aliphatic rings. The Hall–Kier alpha value is -1.38. The molecule has 21 heavy (non-hydrogen) atoms. The Morgan fingerprint density at radius 2 is 2.29 bits per heavy atom. The summed E-state index contributed by atoms with van der Waals surface area (Å²) in [4.78, 5) is 26.2.